The van der Waals surface area contributed by atoms with Gasteiger partial charge in [0, 0.05) is 17.0 Å². The predicted molar refractivity (Wildman–Crippen MR) is 110 cm³/mol. The molecular formula is C22H23NO3S. The number of aryl methyl sites for hydroxylation is 1. The molecule has 0 spiro atoms. The molecule has 0 radical (unpaired) electrons. The normalized spacial score (nSPS) is 10.9. The summed E-state index contributed by atoms with van der Waals surface area (Å²) in [6.45, 7) is 2.66. The third kappa shape index (κ3) is 4.74. The van der Waals surface area contributed by atoms with Gasteiger partial charge in [0.05, 0.1) is 0 Å². The van der Waals surface area contributed by atoms with Crippen LogP contribution in [0.5, 0.6) is 0 Å². The van der Waals surface area contributed by atoms with Crippen LogP contribution in [0.3, 0.4) is 0 Å². The molecule has 2 N–H and O–H groups in total. The molecular weight excluding hydrogens is 358 g/mol. The molecule has 3 aromatic rings. The van der Waals surface area contributed by atoms with E-state index in [9.17, 15) is 9.59 Å². The molecule has 0 bridgehead atoms. The zero-order chi connectivity index (χ0) is 19.2. The Kier molecular flexibility index (Phi) is 6.24. The first-order valence-electron chi connectivity index (χ1n) is 9.20. The van der Waals surface area contributed by atoms with Crippen LogP contribution in [0, 0.1) is 0 Å². The Morgan fingerprint density at radius 1 is 1.07 bits per heavy atom. The monoisotopic (exact) mass is 381 g/mol. The fourth-order valence-corrected chi connectivity index (χ4v) is 3.94. The summed E-state index contributed by atoms with van der Waals surface area (Å²) in [4.78, 5) is 24.8. The van der Waals surface area contributed by atoms with Gasteiger partial charge in [0.1, 0.15) is 4.88 Å². The molecule has 140 valence electrons. The number of carbonyl (C=O) groups excluding carboxylic acids is 1. The summed E-state index contributed by atoms with van der Waals surface area (Å²) in [6, 6.07) is 15.5. The molecule has 4 nitrogen and oxygen atoms in total. The minimum Gasteiger partial charge on any atom is -0.477 e. The summed E-state index contributed by atoms with van der Waals surface area (Å²) in [5.74, 6) is -1.01. The number of amides is 1. The average Bonchev–Trinajstić information content (AvgIpc) is 3.15. The number of fused-ring (bicyclic) bond motifs is 1. The Morgan fingerprint density at radius 2 is 1.93 bits per heavy atom. The molecule has 1 aromatic heterocycles. The van der Waals surface area contributed by atoms with Gasteiger partial charge in [-0.3, -0.25) is 4.79 Å². The molecule has 3 rings (SSSR count). The lowest BCUT2D eigenvalue weighted by Gasteiger charge is -2.09. The van der Waals surface area contributed by atoms with Gasteiger partial charge in [-0.1, -0.05) is 43.7 Å². The van der Waals surface area contributed by atoms with Crippen molar-refractivity contribution in [3.05, 3.63) is 69.4 Å². The maximum Gasteiger partial charge on any atom is 0.345 e. The number of hydrogen-bond donors (Lipinski definition) is 2. The van der Waals surface area contributed by atoms with Gasteiger partial charge in [0.15, 0.2) is 0 Å². The van der Waals surface area contributed by atoms with Crippen LogP contribution in [0.2, 0.25) is 0 Å². The molecule has 0 saturated carbocycles. The number of rotatable bonds is 8. The maximum atomic E-state index is 12.6. The highest BCUT2D eigenvalue weighted by Crippen LogP contribution is 2.22. The summed E-state index contributed by atoms with van der Waals surface area (Å²) in [5.41, 5.74) is 1.97. The third-order valence-electron chi connectivity index (χ3n) is 4.54. The van der Waals surface area contributed by atoms with Crippen molar-refractivity contribution in [2.75, 3.05) is 6.54 Å². The van der Waals surface area contributed by atoms with Crippen molar-refractivity contribution >= 4 is 34.0 Å². The number of carboxylic acids is 1. The van der Waals surface area contributed by atoms with Crippen molar-refractivity contribution in [2.24, 2.45) is 0 Å². The van der Waals surface area contributed by atoms with Crippen LogP contribution in [0.25, 0.3) is 10.8 Å². The minimum absolute atomic E-state index is 0.100. The molecule has 1 amide bonds. The first-order chi connectivity index (χ1) is 13.1. The summed E-state index contributed by atoms with van der Waals surface area (Å²) in [5, 5.41) is 14.0. The Bertz CT molecular complexity index is 961. The minimum atomic E-state index is -0.913. The average molecular weight is 381 g/mol. The molecule has 0 saturated heterocycles. The van der Waals surface area contributed by atoms with Gasteiger partial charge < -0.3 is 10.4 Å². The van der Waals surface area contributed by atoms with E-state index in [4.69, 9.17) is 5.11 Å². The number of hydrogen-bond acceptors (Lipinski definition) is 3. The lowest BCUT2D eigenvalue weighted by molar-refractivity contribution is 0.0702. The van der Waals surface area contributed by atoms with Gasteiger partial charge in [0.2, 0.25) is 0 Å². The van der Waals surface area contributed by atoms with Crippen molar-refractivity contribution in [2.45, 2.75) is 32.6 Å². The lowest BCUT2D eigenvalue weighted by atomic mass is 9.99. The topological polar surface area (TPSA) is 66.4 Å². The van der Waals surface area contributed by atoms with Crippen molar-refractivity contribution in [1.29, 1.82) is 0 Å². The second-order valence-corrected chi connectivity index (χ2v) is 7.71. The van der Waals surface area contributed by atoms with E-state index in [0.717, 1.165) is 28.5 Å². The van der Waals surface area contributed by atoms with Crippen molar-refractivity contribution < 1.29 is 14.7 Å². The fourth-order valence-electron chi connectivity index (χ4n) is 3.09. The second-order valence-electron chi connectivity index (χ2n) is 6.54. The molecule has 1 heterocycles. The van der Waals surface area contributed by atoms with E-state index in [-0.39, 0.29) is 5.91 Å². The Morgan fingerprint density at radius 3 is 2.67 bits per heavy atom. The highest BCUT2D eigenvalue weighted by molar-refractivity contribution is 7.13. The Balaban J connectivity index is 1.66. The van der Waals surface area contributed by atoms with Gasteiger partial charge in [-0.15, -0.1) is 11.3 Å². The molecule has 0 aliphatic rings. The van der Waals surface area contributed by atoms with E-state index in [1.54, 1.807) is 12.1 Å². The maximum absolute atomic E-state index is 12.6. The van der Waals surface area contributed by atoms with Gasteiger partial charge in [-0.25, -0.2) is 4.79 Å². The van der Waals surface area contributed by atoms with Gasteiger partial charge in [-0.05, 0) is 53.8 Å². The number of thiophene rings is 1. The molecule has 0 aliphatic heterocycles. The highest BCUT2D eigenvalue weighted by atomic mass is 32.1. The molecule has 0 atom stereocenters. The number of carboxylic acid groups (broad SMARTS) is 1. The Labute approximate surface area is 162 Å². The molecule has 0 aliphatic carbocycles. The number of carbonyl (C=O) groups is 2. The number of nitrogens with one attached hydrogen (secondary N) is 1. The molecule has 2 aromatic carbocycles. The summed E-state index contributed by atoms with van der Waals surface area (Å²) in [7, 11) is 0. The van der Waals surface area contributed by atoms with Crippen LogP contribution >= 0.6 is 11.3 Å². The van der Waals surface area contributed by atoms with Crippen LogP contribution < -0.4 is 5.32 Å². The smallest absolute Gasteiger partial charge is 0.345 e. The number of aromatic carboxylic acids is 1. The summed E-state index contributed by atoms with van der Waals surface area (Å²) in [6.07, 6.45) is 4.01. The van der Waals surface area contributed by atoms with Crippen LogP contribution in [-0.4, -0.2) is 23.5 Å². The first-order valence-corrected chi connectivity index (χ1v) is 10.0. The first kappa shape index (κ1) is 19.1. The van der Waals surface area contributed by atoms with E-state index < -0.39 is 5.97 Å². The molecule has 0 unspecified atom stereocenters. The van der Waals surface area contributed by atoms with Gasteiger partial charge in [0.25, 0.3) is 5.91 Å². The SMILES string of the molecule is CCCCc1ccc2c(C(=O)NCCc3ccc(C(=O)O)s3)cccc2c1. The largest absolute Gasteiger partial charge is 0.477 e. The van der Waals surface area contributed by atoms with Crippen LogP contribution in [0.4, 0.5) is 0 Å². The summed E-state index contributed by atoms with van der Waals surface area (Å²) < 4.78 is 0. The van der Waals surface area contributed by atoms with Crippen molar-refractivity contribution in [1.82, 2.24) is 5.32 Å². The predicted octanol–water partition coefficient (Wildman–Crippen LogP) is 4.91. The van der Waals surface area contributed by atoms with Gasteiger partial charge >= 0.3 is 5.97 Å². The van der Waals surface area contributed by atoms with E-state index >= 15 is 0 Å². The molecule has 5 heteroatoms. The van der Waals surface area contributed by atoms with E-state index in [1.807, 2.05) is 24.3 Å². The molecule has 0 fully saturated rings. The summed E-state index contributed by atoms with van der Waals surface area (Å²) >= 11 is 1.25. The third-order valence-corrected chi connectivity index (χ3v) is 5.67. The zero-order valence-electron chi connectivity index (χ0n) is 15.3. The second kappa shape index (κ2) is 8.82. The fraction of sp³-hybridized carbons (Fsp3) is 0.273. The molecule has 27 heavy (non-hydrogen) atoms. The van der Waals surface area contributed by atoms with Crippen LogP contribution in [0.15, 0.2) is 48.5 Å². The standard InChI is InChI=1S/C22H23NO3S/c1-2-3-5-15-8-10-18-16(14-15)6-4-7-19(18)21(24)23-13-12-17-9-11-20(27-17)22(25)26/h4,6-11,14H,2-3,5,12-13H2,1H3,(H,23,24)(H,25,26). The quantitative estimate of drug-likeness (QED) is 0.582. The van der Waals surface area contributed by atoms with E-state index in [1.165, 1.54) is 23.3 Å². The van der Waals surface area contributed by atoms with Gasteiger partial charge in [-0.2, -0.15) is 0 Å². The Hall–Kier alpha value is -2.66. The lowest BCUT2D eigenvalue weighted by Crippen LogP contribution is -2.25. The highest BCUT2D eigenvalue weighted by Gasteiger charge is 2.11. The number of unbranched alkanes of at least 4 members (excludes halogenated alkanes) is 1. The van der Waals surface area contributed by atoms with E-state index in [0.29, 0.717) is 23.4 Å². The van der Waals surface area contributed by atoms with Crippen LogP contribution in [-0.2, 0) is 12.8 Å². The number of benzene rings is 2. The van der Waals surface area contributed by atoms with Crippen molar-refractivity contribution in [3.63, 3.8) is 0 Å². The van der Waals surface area contributed by atoms with Crippen molar-refractivity contribution in [3.8, 4) is 0 Å². The van der Waals surface area contributed by atoms with Crippen LogP contribution in [0.1, 0.15) is 50.2 Å². The van der Waals surface area contributed by atoms with E-state index in [2.05, 4.69) is 24.4 Å². The zero-order valence-corrected chi connectivity index (χ0v) is 16.1.